The molecule has 2 nitrogen and oxygen atoms in total. The predicted octanol–water partition coefficient (Wildman–Crippen LogP) is 4.76. The van der Waals surface area contributed by atoms with Crippen LogP contribution in [0.2, 0.25) is 0 Å². The molecule has 0 fully saturated rings. The highest BCUT2D eigenvalue weighted by Gasteiger charge is 2.06. The summed E-state index contributed by atoms with van der Waals surface area (Å²) >= 11 is 0. The van der Waals surface area contributed by atoms with Crippen molar-refractivity contribution in [3.05, 3.63) is 60.4 Å². The SMILES string of the molecule is C=C/C(=C\C(=C)OC)c1cc(C)ccc1OC.CC. The lowest BCUT2D eigenvalue weighted by Gasteiger charge is -2.11. The lowest BCUT2D eigenvalue weighted by Crippen LogP contribution is -1.92. The molecule has 1 aromatic rings. The van der Waals surface area contributed by atoms with E-state index in [-0.39, 0.29) is 0 Å². The maximum Gasteiger partial charge on any atom is 0.126 e. The summed E-state index contributed by atoms with van der Waals surface area (Å²) in [6, 6.07) is 6.00. The highest BCUT2D eigenvalue weighted by Crippen LogP contribution is 2.28. The van der Waals surface area contributed by atoms with Crippen LogP contribution in [0.4, 0.5) is 0 Å². The molecule has 0 saturated carbocycles. The van der Waals surface area contributed by atoms with E-state index >= 15 is 0 Å². The van der Waals surface area contributed by atoms with Crippen molar-refractivity contribution in [3.63, 3.8) is 0 Å². The van der Waals surface area contributed by atoms with Gasteiger partial charge in [0.2, 0.25) is 0 Å². The Morgan fingerprint density at radius 3 is 2.32 bits per heavy atom. The molecule has 0 saturated heterocycles. The minimum Gasteiger partial charge on any atom is -0.497 e. The molecule has 2 heteroatoms. The van der Waals surface area contributed by atoms with Crippen molar-refractivity contribution in [2.45, 2.75) is 20.8 Å². The summed E-state index contributed by atoms with van der Waals surface area (Å²) in [7, 11) is 3.24. The molecule has 0 bridgehead atoms. The number of benzene rings is 1. The molecule has 19 heavy (non-hydrogen) atoms. The molecular weight excluding hydrogens is 236 g/mol. The average Bonchev–Trinajstić information content (AvgIpc) is 2.46. The maximum absolute atomic E-state index is 5.34. The molecular formula is C17H24O2. The topological polar surface area (TPSA) is 18.5 Å². The number of hydrogen-bond acceptors (Lipinski definition) is 2. The van der Waals surface area contributed by atoms with Crippen LogP contribution in [0, 0.1) is 6.92 Å². The molecule has 0 radical (unpaired) electrons. The quantitative estimate of drug-likeness (QED) is 0.561. The second-order valence-corrected chi connectivity index (χ2v) is 3.68. The fraction of sp³-hybridized carbons (Fsp3) is 0.294. The van der Waals surface area contributed by atoms with Gasteiger partial charge in [0.25, 0.3) is 0 Å². The molecule has 0 spiro atoms. The van der Waals surface area contributed by atoms with Crippen LogP contribution in [0.5, 0.6) is 5.75 Å². The summed E-state index contributed by atoms with van der Waals surface area (Å²) < 4.78 is 10.4. The van der Waals surface area contributed by atoms with Crippen LogP contribution in [0.3, 0.4) is 0 Å². The van der Waals surface area contributed by atoms with E-state index in [0.29, 0.717) is 5.76 Å². The van der Waals surface area contributed by atoms with Crippen molar-refractivity contribution < 1.29 is 9.47 Å². The Morgan fingerprint density at radius 2 is 1.84 bits per heavy atom. The van der Waals surface area contributed by atoms with Crippen LogP contribution in [-0.4, -0.2) is 14.2 Å². The first-order valence-corrected chi connectivity index (χ1v) is 6.34. The number of ether oxygens (including phenoxy) is 2. The lowest BCUT2D eigenvalue weighted by molar-refractivity contribution is 0.309. The number of methoxy groups -OCH3 is 2. The minimum absolute atomic E-state index is 0.587. The Balaban J connectivity index is 0.00000154. The van der Waals surface area contributed by atoms with E-state index in [0.717, 1.165) is 22.4 Å². The smallest absolute Gasteiger partial charge is 0.126 e. The molecule has 0 atom stereocenters. The minimum atomic E-state index is 0.587. The van der Waals surface area contributed by atoms with E-state index in [2.05, 4.69) is 19.2 Å². The van der Waals surface area contributed by atoms with Gasteiger partial charge in [-0.1, -0.05) is 44.7 Å². The van der Waals surface area contributed by atoms with Crippen molar-refractivity contribution in [2.75, 3.05) is 14.2 Å². The summed E-state index contributed by atoms with van der Waals surface area (Å²) in [5, 5.41) is 0. The molecule has 0 unspecified atom stereocenters. The fourth-order valence-corrected chi connectivity index (χ4v) is 1.53. The van der Waals surface area contributed by atoms with Crippen LogP contribution in [0.1, 0.15) is 25.0 Å². The van der Waals surface area contributed by atoms with Gasteiger partial charge in [-0.3, -0.25) is 0 Å². The van der Waals surface area contributed by atoms with E-state index < -0.39 is 0 Å². The number of allylic oxidation sites excluding steroid dienone is 3. The van der Waals surface area contributed by atoms with Crippen LogP contribution >= 0.6 is 0 Å². The van der Waals surface area contributed by atoms with Gasteiger partial charge in [-0.2, -0.15) is 0 Å². The van der Waals surface area contributed by atoms with E-state index in [1.165, 1.54) is 0 Å². The molecule has 0 aromatic heterocycles. The van der Waals surface area contributed by atoms with E-state index in [1.54, 1.807) is 20.3 Å². The summed E-state index contributed by atoms with van der Waals surface area (Å²) in [6.07, 6.45) is 3.60. The van der Waals surface area contributed by atoms with Crippen molar-refractivity contribution in [1.82, 2.24) is 0 Å². The van der Waals surface area contributed by atoms with Crippen molar-refractivity contribution in [2.24, 2.45) is 0 Å². The van der Waals surface area contributed by atoms with Crippen molar-refractivity contribution >= 4 is 5.57 Å². The van der Waals surface area contributed by atoms with Crippen LogP contribution in [-0.2, 0) is 4.74 Å². The van der Waals surface area contributed by atoms with Crippen LogP contribution in [0.15, 0.2) is 49.3 Å². The normalized spacial score (nSPS) is 10.1. The van der Waals surface area contributed by atoms with Gasteiger partial charge in [0.05, 0.1) is 14.2 Å². The van der Waals surface area contributed by atoms with Crippen molar-refractivity contribution in [3.8, 4) is 5.75 Å². The zero-order valence-electron chi connectivity index (χ0n) is 12.6. The second-order valence-electron chi connectivity index (χ2n) is 3.68. The van der Waals surface area contributed by atoms with Gasteiger partial charge in [0.1, 0.15) is 11.5 Å². The Morgan fingerprint density at radius 1 is 1.21 bits per heavy atom. The summed E-state index contributed by atoms with van der Waals surface area (Å²) in [6.45, 7) is 13.6. The maximum atomic E-state index is 5.34. The number of hydrogen-bond donors (Lipinski definition) is 0. The zero-order chi connectivity index (χ0) is 14.8. The number of aryl methyl sites for hydroxylation is 1. The Kier molecular flexibility index (Phi) is 8.10. The van der Waals surface area contributed by atoms with E-state index in [1.807, 2.05) is 39.0 Å². The molecule has 0 amide bonds. The summed E-state index contributed by atoms with van der Waals surface area (Å²) in [5.74, 6) is 1.40. The highest BCUT2D eigenvalue weighted by molar-refractivity contribution is 5.79. The lowest BCUT2D eigenvalue weighted by atomic mass is 10.0. The number of rotatable bonds is 5. The van der Waals surface area contributed by atoms with E-state index in [9.17, 15) is 0 Å². The molecule has 1 aromatic carbocycles. The van der Waals surface area contributed by atoms with Gasteiger partial charge >= 0.3 is 0 Å². The van der Waals surface area contributed by atoms with Gasteiger partial charge < -0.3 is 9.47 Å². The van der Waals surface area contributed by atoms with Gasteiger partial charge in [-0.15, -0.1) is 0 Å². The van der Waals surface area contributed by atoms with Gasteiger partial charge in [-0.05, 0) is 30.7 Å². The average molecular weight is 260 g/mol. The first-order chi connectivity index (χ1) is 9.12. The standard InChI is InChI=1S/C15H18O2.C2H6/c1-6-13(10-12(3)16-4)14-9-11(2)7-8-15(14)17-5;1-2/h6-10H,1,3H2,2,4-5H3;1-2H3/b13-10+;. The highest BCUT2D eigenvalue weighted by atomic mass is 16.5. The van der Waals surface area contributed by atoms with E-state index in [4.69, 9.17) is 9.47 Å². The predicted molar refractivity (Wildman–Crippen MR) is 83.4 cm³/mol. The molecule has 0 aliphatic carbocycles. The Bertz CT molecular complexity index is 456. The van der Waals surface area contributed by atoms with Crippen LogP contribution in [0.25, 0.3) is 5.57 Å². The molecule has 0 N–H and O–H groups in total. The van der Waals surface area contributed by atoms with Crippen molar-refractivity contribution in [1.29, 1.82) is 0 Å². The molecule has 1 rings (SSSR count). The third-order valence-electron chi connectivity index (χ3n) is 2.46. The first kappa shape index (κ1) is 17.0. The fourth-order valence-electron chi connectivity index (χ4n) is 1.53. The van der Waals surface area contributed by atoms with Gasteiger partial charge in [0.15, 0.2) is 0 Å². The zero-order valence-corrected chi connectivity index (χ0v) is 12.6. The summed E-state index contributed by atoms with van der Waals surface area (Å²) in [5.41, 5.74) is 3.08. The molecule has 104 valence electrons. The third kappa shape index (κ3) is 5.04. The summed E-state index contributed by atoms with van der Waals surface area (Å²) in [4.78, 5) is 0. The Hall–Kier alpha value is -1.96. The molecule has 0 heterocycles. The Labute approximate surface area is 117 Å². The third-order valence-corrected chi connectivity index (χ3v) is 2.46. The second kappa shape index (κ2) is 9.03. The largest absolute Gasteiger partial charge is 0.497 e. The van der Waals surface area contributed by atoms with Crippen LogP contribution < -0.4 is 4.74 Å². The first-order valence-electron chi connectivity index (χ1n) is 6.34. The molecule has 0 aliphatic rings. The van der Waals surface area contributed by atoms with Gasteiger partial charge in [-0.25, -0.2) is 0 Å². The monoisotopic (exact) mass is 260 g/mol. The van der Waals surface area contributed by atoms with Gasteiger partial charge in [0, 0.05) is 5.56 Å². The molecule has 0 aliphatic heterocycles.